The third-order valence-electron chi connectivity index (χ3n) is 9.12. The van der Waals surface area contributed by atoms with E-state index in [0.29, 0.717) is 11.4 Å². The summed E-state index contributed by atoms with van der Waals surface area (Å²) in [6, 6.07) is 50.8. The Balaban J connectivity index is 1.31. The van der Waals surface area contributed by atoms with Gasteiger partial charge in [0.15, 0.2) is 5.82 Å². The van der Waals surface area contributed by atoms with E-state index in [1.165, 1.54) is 27.8 Å². The van der Waals surface area contributed by atoms with Gasteiger partial charge in [0.2, 0.25) is 0 Å². The van der Waals surface area contributed by atoms with Crippen molar-refractivity contribution < 1.29 is 0 Å². The molecule has 0 amide bonds. The summed E-state index contributed by atoms with van der Waals surface area (Å²) in [4.78, 5) is 10.3. The zero-order valence-corrected chi connectivity index (χ0v) is 25.1. The van der Waals surface area contributed by atoms with Crippen molar-refractivity contribution >= 4 is 10.8 Å². The molecule has 8 rings (SSSR count). The summed E-state index contributed by atoms with van der Waals surface area (Å²) in [5, 5.41) is 11.9. The predicted molar refractivity (Wildman–Crippen MR) is 184 cm³/mol. The van der Waals surface area contributed by atoms with E-state index in [4.69, 9.17) is 9.97 Å². The first kappa shape index (κ1) is 26.8. The normalized spacial score (nSPS) is 12.8. The first-order valence-electron chi connectivity index (χ1n) is 15.2. The first-order chi connectivity index (χ1) is 22.0. The smallest absolute Gasteiger partial charge is 0.161 e. The lowest BCUT2D eigenvalue weighted by Gasteiger charge is -2.21. The molecule has 3 heteroatoms. The molecular formula is C42H29N3. The fourth-order valence-corrected chi connectivity index (χ4v) is 6.84. The Morgan fingerprint density at radius 2 is 1.20 bits per heavy atom. The molecule has 0 spiro atoms. The van der Waals surface area contributed by atoms with E-state index in [2.05, 4.69) is 135 Å². The van der Waals surface area contributed by atoms with Crippen molar-refractivity contribution in [3.63, 3.8) is 0 Å². The summed E-state index contributed by atoms with van der Waals surface area (Å²) in [6.45, 7) is 4.50. The molecule has 0 unspecified atom stereocenters. The Morgan fingerprint density at radius 1 is 0.533 bits per heavy atom. The molecule has 7 aromatic rings. The number of aromatic nitrogens is 2. The lowest BCUT2D eigenvalue weighted by Crippen LogP contribution is -2.15. The Morgan fingerprint density at radius 3 is 2.04 bits per heavy atom. The zero-order chi connectivity index (χ0) is 30.5. The van der Waals surface area contributed by atoms with Gasteiger partial charge in [-0.05, 0) is 68.4 Å². The lowest BCUT2D eigenvalue weighted by molar-refractivity contribution is 0.660. The molecule has 1 aliphatic carbocycles. The van der Waals surface area contributed by atoms with E-state index in [1.807, 2.05) is 24.3 Å². The van der Waals surface area contributed by atoms with Crippen LogP contribution in [0.15, 0.2) is 140 Å². The van der Waals surface area contributed by atoms with E-state index in [-0.39, 0.29) is 5.41 Å². The summed E-state index contributed by atoms with van der Waals surface area (Å²) >= 11 is 0. The van der Waals surface area contributed by atoms with Gasteiger partial charge in [0, 0.05) is 22.1 Å². The Labute approximate surface area is 263 Å². The van der Waals surface area contributed by atoms with Gasteiger partial charge in [0.1, 0.15) is 0 Å². The summed E-state index contributed by atoms with van der Waals surface area (Å²) in [7, 11) is 0. The number of fused-ring (bicyclic) bond motifs is 4. The minimum atomic E-state index is -0.199. The van der Waals surface area contributed by atoms with Crippen LogP contribution in [0.1, 0.15) is 30.5 Å². The molecule has 1 aromatic heterocycles. The SMILES string of the molecule is CC1(C)c2cc(C#N)ccc2-c2c(-c3cccc(-c4cc(-c5ccccc5)nc(-c5cccc6ccccc56)n4)c3)cccc21. The standard InChI is InChI=1S/C42H29N3/c1-42(2)36-20-10-18-33(40(36)35-22-21-27(26-43)23-37(35)42)30-15-8-16-31(24-30)39-25-38(29-12-4-3-5-13-29)44-41(45-39)34-19-9-14-28-11-6-7-17-32(28)34/h3-25H,1-2H3. The summed E-state index contributed by atoms with van der Waals surface area (Å²) in [5.41, 5.74) is 12.6. The molecule has 0 fully saturated rings. The van der Waals surface area contributed by atoms with Gasteiger partial charge in [-0.25, -0.2) is 9.97 Å². The summed E-state index contributed by atoms with van der Waals surface area (Å²) in [5.74, 6) is 0.707. The Kier molecular flexibility index (Phi) is 6.18. The van der Waals surface area contributed by atoms with Crippen molar-refractivity contribution in [2.75, 3.05) is 0 Å². The fraction of sp³-hybridized carbons (Fsp3) is 0.0714. The minimum absolute atomic E-state index is 0.199. The number of benzene rings is 6. The second-order valence-electron chi connectivity index (χ2n) is 12.2. The molecule has 1 aliphatic rings. The van der Waals surface area contributed by atoms with Gasteiger partial charge in [-0.1, -0.05) is 129 Å². The third-order valence-corrected chi connectivity index (χ3v) is 9.12. The number of nitriles is 1. The highest BCUT2D eigenvalue weighted by molar-refractivity contribution is 5.96. The molecule has 0 N–H and O–H groups in total. The molecule has 6 aromatic carbocycles. The number of nitrogens with zero attached hydrogens (tertiary/aromatic N) is 3. The van der Waals surface area contributed by atoms with E-state index in [0.717, 1.165) is 44.4 Å². The van der Waals surface area contributed by atoms with Crippen LogP contribution in [-0.4, -0.2) is 9.97 Å². The molecule has 0 saturated heterocycles. The topological polar surface area (TPSA) is 49.6 Å². The van der Waals surface area contributed by atoms with Crippen LogP contribution in [-0.2, 0) is 5.41 Å². The molecule has 212 valence electrons. The number of hydrogen-bond acceptors (Lipinski definition) is 3. The quantitative estimate of drug-likeness (QED) is 0.210. The van der Waals surface area contributed by atoms with Crippen LogP contribution >= 0.6 is 0 Å². The number of hydrogen-bond donors (Lipinski definition) is 0. The van der Waals surface area contributed by atoms with Crippen LogP contribution < -0.4 is 0 Å². The molecule has 3 nitrogen and oxygen atoms in total. The van der Waals surface area contributed by atoms with Gasteiger partial charge in [-0.15, -0.1) is 0 Å². The van der Waals surface area contributed by atoms with Crippen LogP contribution in [0.3, 0.4) is 0 Å². The van der Waals surface area contributed by atoms with Gasteiger partial charge < -0.3 is 0 Å². The molecule has 0 saturated carbocycles. The lowest BCUT2D eigenvalue weighted by atomic mass is 9.81. The van der Waals surface area contributed by atoms with Gasteiger partial charge >= 0.3 is 0 Å². The maximum absolute atomic E-state index is 9.60. The van der Waals surface area contributed by atoms with Crippen LogP contribution in [0.5, 0.6) is 0 Å². The first-order valence-corrected chi connectivity index (χ1v) is 15.2. The van der Waals surface area contributed by atoms with Crippen LogP contribution in [0.25, 0.3) is 66.9 Å². The number of rotatable bonds is 4. The third kappa shape index (κ3) is 4.42. The van der Waals surface area contributed by atoms with Gasteiger partial charge in [-0.3, -0.25) is 0 Å². The fourth-order valence-electron chi connectivity index (χ4n) is 6.84. The second kappa shape index (κ2) is 10.4. The molecule has 0 bridgehead atoms. The van der Waals surface area contributed by atoms with Crippen LogP contribution in [0, 0.1) is 11.3 Å². The van der Waals surface area contributed by atoms with Crippen LogP contribution in [0.4, 0.5) is 0 Å². The Bertz CT molecular complexity index is 2300. The highest BCUT2D eigenvalue weighted by atomic mass is 14.9. The van der Waals surface area contributed by atoms with Crippen molar-refractivity contribution in [1.82, 2.24) is 9.97 Å². The summed E-state index contributed by atoms with van der Waals surface area (Å²) < 4.78 is 0. The highest BCUT2D eigenvalue weighted by Gasteiger charge is 2.37. The second-order valence-corrected chi connectivity index (χ2v) is 12.2. The van der Waals surface area contributed by atoms with Gasteiger partial charge in [0.05, 0.1) is 23.0 Å². The van der Waals surface area contributed by atoms with Gasteiger partial charge in [-0.2, -0.15) is 5.26 Å². The molecule has 45 heavy (non-hydrogen) atoms. The zero-order valence-electron chi connectivity index (χ0n) is 25.1. The average molecular weight is 576 g/mol. The maximum Gasteiger partial charge on any atom is 0.161 e. The van der Waals surface area contributed by atoms with E-state index in [1.54, 1.807) is 0 Å². The van der Waals surface area contributed by atoms with Crippen molar-refractivity contribution in [3.8, 4) is 62.2 Å². The molecule has 1 heterocycles. The van der Waals surface area contributed by atoms with E-state index in [9.17, 15) is 5.26 Å². The van der Waals surface area contributed by atoms with Crippen molar-refractivity contribution in [2.24, 2.45) is 0 Å². The van der Waals surface area contributed by atoms with Crippen LogP contribution in [0.2, 0.25) is 0 Å². The van der Waals surface area contributed by atoms with Crippen molar-refractivity contribution in [1.29, 1.82) is 5.26 Å². The highest BCUT2D eigenvalue weighted by Crippen LogP contribution is 2.52. The summed E-state index contributed by atoms with van der Waals surface area (Å²) in [6.07, 6.45) is 0. The molecule has 0 atom stereocenters. The maximum atomic E-state index is 9.60. The van der Waals surface area contributed by atoms with E-state index >= 15 is 0 Å². The van der Waals surface area contributed by atoms with E-state index < -0.39 is 0 Å². The van der Waals surface area contributed by atoms with Gasteiger partial charge in [0.25, 0.3) is 0 Å². The molecule has 0 aliphatic heterocycles. The largest absolute Gasteiger partial charge is 0.228 e. The van der Waals surface area contributed by atoms with Crippen molar-refractivity contribution in [3.05, 3.63) is 156 Å². The minimum Gasteiger partial charge on any atom is -0.228 e. The predicted octanol–water partition coefficient (Wildman–Crippen LogP) is 10.5. The molecule has 0 radical (unpaired) electrons. The van der Waals surface area contributed by atoms with Crippen molar-refractivity contribution in [2.45, 2.75) is 19.3 Å². The average Bonchev–Trinajstić information content (AvgIpc) is 3.33. The monoisotopic (exact) mass is 575 g/mol. The Hall–Kier alpha value is -5.85. The molecular weight excluding hydrogens is 546 g/mol.